The molecule has 0 saturated heterocycles. The van der Waals surface area contributed by atoms with Gasteiger partial charge in [-0.25, -0.2) is 0 Å². The molecule has 0 atom stereocenters. The summed E-state index contributed by atoms with van der Waals surface area (Å²) in [4.78, 5) is 11.6. The van der Waals surface area contributed by atoms with Crippen molar-refractivity contribution in [1.29, 1.82) is 0 Å². The van der Waals surface area contributed by atoms with Gasteiger partial charge >= 0.3 is 0 Å². The molecule has 2 aromatic carbocycles. The fourth-order valence-corrected chi connectivity index (χ4v) is 19.7. The van der Waals surface area contributed by atoms with Crippen LogP contribution in [0.3, 0.4) is 0 Å². The Labute approximate surface area is 298 Å². The Morgan fingerprint density at radius 1 is 0.422 bits per heavy atom. The fourth-order valence-electron chi connectivity index (χ4n) is 7.58. The molecule has 0 fully saturated rings. The average molecular weight is 745 g/mol. The molecule has 0 spiro atoms. The Morgan fingerprint density at radius 3 is 0.778 bits per heavy atom. The zero-order chi connectivity index (χ0) is 34.8. The molecule has 0 aliphatic rings. The number of hydrogen-bond acceptors (Lipinski definition) is 1. The molecule has 0 aliphatic carbocycles. The molecule has 45 heavy (non-hydrogen) atoms. The van der Waals surface area contributed by atoms with E-state index in [-0.39, 0.29) is 42.0 Å². The maximum Gasteiger partial charge on any atom is 0.141 e. The molecular weight excluding hydrogens is 677 g/mol. The molecule has 0 amide bonds. The molecule has 0 unspecified atom stereocenters. The quantitative estimate of drug-likeness (QED) is 0.213. The second-order valence-electron chi connectivity index (χ2n) is 17.6. The van der Waals surface area contributed by atoms with Crippen LogP contribution >= 0.6 is 15.8 Å². The zero-order valence-electron chi connectivity index (χ0n) is 32.2. The van der Waals surface area contributed by atoms with E-state index in [2.05, 4.69) is 125 Å². The minimum atomic E-state index is -0.0114. The van der Waals surface area contributed by atoms with E-state index in [1.807, 2.05) is 73.5 Å². The first-order valence-electron chi connectivity index (χ1n) is 16.2. The van der Waals surface area contributed by atoms with Gasteiger partial charge in [0.25, 0.3) is 0 Å². The molecule has 4 heteroatoms. The van der Waals surface area contributed by atoms with Crippen molar-refractivity contribution in [1.82, 2.24) is 0 Å². The average Bonchev–Trinajstić information content (AvgIpc) is 2.77. The molecule has 1 nitrogen and oxygen atoms in total. The monoisotopic (exact) mass is 744 g/mol. The summed E-state index contributed by atoms with van der Waals surface area (Å²) in [5.74, 6) is -0.0114. The van der Waals surface area contributed by atoms with Gasteiger partial charge in [0.15, 0.2) is 0 Å². The number of rotatable bonds is 6. The van der Waals surface area contributed by atoms with Crippen molar-refractivity contribution in [3.63, 3.8) is 0 Å². The van der Waals surface area contributed by atoms with Crippen LogP contribution in [0.5, 0.6) is 0 Å². The number of hydrogen-bond donors (Lipinski definition) is 0. The van der Waals surface area contributed by atoms with E-state index in [4.69, 9.17) is 0 Å². The summed E-state index contributed by atoms with van der Waals surface area (Å²) in [6, 6.07) is 19.6. The molecule has 258 valence electrons. The third kappa shape index (κ3) is 19.9. The Hall–Kier alpha value is -0.368. The Bertz CT molecular complexity index is 914. The standard InChI is InChI=1S/C17H14O.2C12H27P.Pd/c18-17(13-11-15-7-3-1-4-8-15)14-12-16-9-5-2-6-10-16;2*1-10(2,3)13(11(4,5)6)12(7,8)9;/h1-14H;2*1-9H3;. The summed E-state index contributed by atoms with van der Waals surface area (Å²) in [5, 5.41) is 2.70. The number of carbonyl (C=O) groups is 1. The van der Waals surface area contributed by atoms with Gasteiger partial charge in [0.2, 0.25) is 0 Å². The Balaban J connectivity index is 0. The maximum absolute atomic E-state index is 11.6. The van der Waals surface area contributed by atoms with Gasteiger partial charge in [0, 0.05) is 46.1 Å². The molecule has 2 rings (SSSR count). The molecule has 0 saturated carbocycles. The second-order valence-corrected chi connectivity index (χ2v) is 27.0. The van der Waals surface area contributed by atoms with Gasteiger partial charge in [0.1, 0.15) is 5.78 Å². The third-order valence-electron chi connectivity index (χ3n) is 6.50. The van der Waals surface area contributed by atoms with Crippen LogP contribution in [0, 0.1) is 25.7 Å². The molecule has 4 radical (unpaired) electrons. The van der Waals surface area contributed by atoms with Gasteiger partial charge in [-0.1, -0.05) is 201 Å². The van der Waals surface area contributed by atoms with Crippen LogP contribution in [0.1, 0.15) is 136 Å². The van der Waals surface area contributed by atoms with Crippen molar-refractivity contribution in [3.05, 3.63) is 97.5 Å². The Kier molecular flexibility index (Phi) is 19.7. The molecule has 0 aliphatic heterocycles. The third-order valence-corrected chi connectivity index (χ3v) is 14.6. The van der Waals surface area contributed by atoms with E-state index in [1.54, 1.807) is 12.8 Å². The van der Waals surface area contributed by atoms with Gasteiger partial charge in [-0.05, 0) is 42.1 Å². The van der Waals surface area contributed by atoms with Gasteiger partial charge in [-0.3, -0.25) is 4.79 Å². The van der Waals surface area contributed by atoms with E-state index < -0.39 is 0 Å². The van der Waals surface area contributed by atoms with Crippen molar-refractivity contribution < 1.29 is 25.2 Å². The normalized spacial score (nSPS) is 12.9. The molecular formula is C41H68OP2Pd. The number of carbonyl (C=O) groups excluding carboxylic acids is 1. The molecule has 0 bridgehead atoms. The minimum Gasteiger partial charge on any atom is -0.299 e. The van der Waals surface area contributed by atoms with Gasteiger partial charge in [-0.2, -0.15) is 0 Å². The summed E-state index contributed by atoms with van der Waals surface area (Å²) in [7, 11) is 0.0324. The van der Waals surface area contributed by atoms with Crippen molar-refractivity contribution >= 4 is 21.6 Å². The van der Waals surface area contributed by atoms with E-state index in [1.165, 1.54) is 0 Å². The first-order chi connectivity index (χ1) is 19.6. The SMILES string of the molecule is CC(C)(C)P(C(C)(C)C)C(C)(C)C.CC(C)(C)P(C(C)(C)C)C(C)(C)C.O=C([CH][CH]c1ccccc1)[CH][CH]c1ccccc1.[Pd]. The van der Waals surface area contributed by atoms with Crippen LogP contribution in [-0.2, 0) is 25.2 Å². The summed E-state index contributed by atoms with van der Waals surface area (Å²) in [6.45, 7) is 42.9. The van der Waals surface area contributed by atoms with Crippen LogP contribution in [0.4, 0.5) is 0 Å². The van der Waals surface area contributed by atoms with E-state index in [0.29, 0.717) is 30.9 Å². The first kappa shape index (κ1) is 46.8. The summed E-state index contributed by atoms with van der Waals surface area (Å²) in [5.41, 5.74) is 2.05. The summed E-state index contributed by atoms with van der Waals surface area (Å²) < 4.78 is 0. The minimum absolute atomic E-state index is 0. The summed E-state index contributed by atoms with van der Waals surface area (Å²) in [6.07, 6.45) is 6.79. The van der Waals surface area contributed by atoms with Crippen LogP contribution in [0.15, 0.2) is 60.7 Å². The van der Waals surface area contributed by atoms with Crippen molar-refractivity contribution in [2.24, 2.45) is 0 Å². The largest absolute Gasteiger partial charge is 0.299 e. The first-order valence-corrected chi connectivity index (χ1v) is 18.9. The van der Waals surface area contributed by atoms with Crippen LogP contribution < -0.4 is 0 Å². The second kappa shape index (κ2) is 19.0. The smallest absolute Gasteiger partial charge is 0.141 e. The Morgan fingerprint density at radius 2 is 0.622 bits per heavy atom. The maximum atomic E-state index is 11.6. The van der Waals surface area contributed by atoms with Crippen molar-refractivity contribution in [3.8, 4) is 0 Å². The fraction of sp³-hybridized carbons (Fsp3) is 0.585. The number of benzene rings is 2. The van der Waals surface area contributed by atoms with Crippen molar-refractivity contribution in [2.45, 2.75) is 156 Å². The zero-order valence-corrected chi connectivity index (χ0v) is 35.5. The van der Waals surface area contributed by atoms with Gasteiger partial charge < -0.3 is 0 Å². The summed E-state index contributed by atoms with van der Waals surface area (Å²) >= 11 is 0. The molecule has 0 heterocycles. The van der Waals surface area contributed by atoms with E-state index >= 15 is 0 Å². The van der Waals surface area contributed by atoms with E-state index in [0.717, 1.165) is 11.1 Å². The molecule has 2 aromatic rings. The number of Topliss-reactive ketones (excluding diaryl/α,β-unsaturated/α-hetero) is 1. The van der Waals surface area contributed by atoms with E-state index in [9.17, 15) is 4.79 Å². The molecule has 0 N–H and O–H groups in total. The predicted molar refractivity (Wildman–Crippen MR) is 206 cm³/mol. The molecule has 0 aromatic heterocycles. The van der Waals surface area contributed by atoms with Crippen LogP contribution in [0.2, 0.25) is 0 Å². The van der Waals surface area contributed by atoms with Crippen LogP contribution in [-0.4, -0.2) is 36.7 Å². The number of ketones is 1. The topological polar surface area (TPSA) is 17.1 Å². The van der Waals surface area contributed by atoms with Crippen molar-refractivity contribution in [2.75, 3.05) is 0 Å². The van der Waals surface area contributed by atoms with Gasteiger partial charge in [0.05, 0.1) is 0 Å². The van der Waals surface area contributed by atoms with Gasteiger partial charge in [-0.15, -0.1) is 0 Å². The van der Waals surface area contributed by atoms with Crippen LogP contribution in [0.25, 0.3) is 0 Å². The predicted octanol–water partition coefficient (Wildman–Crippen LogP) is 13.2.